The first-order valence-corrected chi connectivity index (χ1v) is 6.37. The Hall–Kier alpha value is -0.450. The molecule has 1 aromatic rings. The van der Waals surface area contributed by atoms with E-state index in [9.17, 15) is 0 Å². The number of aromatic nitrogens is 1. The molecule has 4 heteroatoms. The molecular weight excluding hydrogens is 208 g/mol. The molecule has 0 radical (unpaired) electrons. The maximum Gasteiger partial charge on any atom is 0.0802 e. The molecule has 1 fully saturated rings. The Morgan fingerprint density at radius 1 is 1.67 bits per heavy atom. The van der Waals surface area contributed by atoms with E-state index in [4.69, 9.17) is 4.74 Å². The van der Waals surface area contributed by atoms with E-state index < -0.39 is 0 Å². The smallest absolute Gasteiger partial charge is 0.0802 e. The Kier molecular flexibility index (Phi) is 3.38. The van der Waals surface area contributed by atoms with Crippen molar-refractivity contribution in [1.82, 2.24) is 10.3 Å². The molecular formula is C11H18N2OS. The number of methoxy groups -OCH3 is 1. The first-order valence-electron chi connectivity index (χ1n) is 5.42. The SMILES string of the molecule is COC1(CNC(C)c2cscn2)CCC1. The predicted octanol–water partition coefficient (Wildman–Crippen LogP) is 2.36. The predicted molar refractivity (Wildman–Crippen MR) is 62.1 cm³/mol. The standard InChI is InChI=1S/C11H18N2OS/c1-9(10-6-15-8-13-10)12-7-11(14-2)4-3-5-11/h6,8-9,12H,3-5,7H2,1-2H3. The maximum absolute atomic E-state index is 5.56. The van der Waals surface area contributed by atoms with Gasteiger partial charge in [-0.1, -0.05) is 0 Å². The quantitative estimate of drug-likeness (QED) is 0.837. The molecule has 0 saturated heterocycles. The van der Waals surface area contributed by atoms with Gasteiger partial charge in [0.15, 0.2) is 0 Å². The van der Waals surface area contributed by atoms with Crippen LogP contribution < -0.4 is 5.32 Å². The molecule has 0 amide bonds. The molecule has 1 heterocycles. The first kappa shape index (κ1) is 11.0. The van der Waals surface area contributed by atoms with E-state index >= 15 is 0 Å². The van der Waals surface area contributed by atoms with E-state index in [1.807, 2.05) is 12.6 Å². The Morgan fingerprint density at radius 3 is 2.93 bits per heavy atom. The van der Waals surface area contributed by atoms with Crippen LogP contribution in [0.15, 0.2) is 10.9 Å². The minimum atomic E-state index is 0.101. The van der Waals surface area contributed by atoms with Crippen LogP contribution in [-0.2, 0) is 4.74 Å². The molecule has 1 unspecified atom stereocenters. The number of rotatable bonds is 5. The second kappa shape index (κ2) is 4.60. The summed E-state index contributed by atoms with van der Waals surface area (Å²) in [5.41, 5.74) is 3.11. The molecule has 1 aromatic heterocycles. The third-order valence-electron chi connectivity index (χ3n) is 3.32. The highest BCUT2D eigenvalue weighted by atomic mass is 32.1. The van der Waals surface area contributed by atoms with Crippen molar-refractivity contribution in [3.63, 3.8) is 0 Å². The summed E-state index contributed by atoms with van der Waals surface area (Å²) in [6.45, 7) is 3.08. The van der Waals surface area contributed by atoms with Crippen molar-refractivity contribution in [3.8, 4) is 0 Å². The van der Waals surface area contributed by atoms with Gasteiger partial charge in [-0.15, -0.1) is 11.3 Å². The highest BCUT2D eigenvalue weighted by Crippen LogP contribution is 2.34. The average molecular weight is 226 g/mol. The summed E-state index contributed by atoms with van der Waals surface area (Å²) in [6, 6.07) is 0.323. The minimum Gasteiger partial charge on any atom is -0.377 e. The van der Waals surface area contributed by atoms with Gasteiger partial charge in [-0.25, -0.2) is 4.98 Å². The summed E-state index contributed by atoms with van der Waals surface area (Å²) >= 11 is 1.64. The molecule has 1 aliphatic rings. The largest absolute Gasteiger partial charge is 0.377 e. The zero-order valence-electron chi connectivity index (χ0n) is 9.32. The molecule has 0 aromatic carbocycles. The van der Waals surface area contributed by atoms with Gasteiger partial charge in [-0.2, -0.15) is 0 Å². The molecule has 0 spiro atoms. The molecule has 2 rings (SSSR count). The Morgan fingerprint density at radius 2 is 2.47 bits per heavy atom. The fourth-order valence-electron chi connectivity index (χ4n) is 1.90. The van der Waals surface area contributed by atoms with Gasteiger partial charge in [0.2, 0.25) is 0 Å². The number of nitrogens with zero attached hydrogens (tertiary/aromatic N) is 1. The Balaban J connectivity index is 1.82. The van der Waals surface area contributed by atoms with Gasteiger partial charge in [-0.05, 0) is 26.2 Å². The first-order chi connectivity index (χ1) is 7.26. The fourth-order valence-corrected chi connectivity index (χ4v) is 2.55. The zero-order chi connectivity index (χ0) is 10.7. The Bertz CT molecular complexity index is 290. The molecule has 1 N–H and O–H groups in total. The second-order valence-corrected chi connectivity index (χ2v) is 4.98. The van der Waals surface area contributed by atoms with Gasteiger partial charge < -0.3 is 10.1 Å². The van der Waals surface area contributed by atoms with E-state index in [1.54, 1.807) is 11.3 Å². The third-order valence-corrected chi connectivity index (χ3v) is 3.93. The average Bonchev–Trinajstić information content (AvgIpc) is 2.69. The van der Waals surface area contributed by atoms with Gasteiger partial charge in [0.05, 0.1) is 16.8 Å². The van der Waals surface area contributed by atoms with E-state index in [1.165, 1.54) is 19.3 Å². The summed E-state index contributed by atoms with van der Waals surface area (Å²) in [5, 5.41) is 5.59. The van der Waals surface area contributed by atoms with Gasteiger partial charge in [0.1, 0.15) is 0 Å². The van der Waals surface area contributed by atoms with E-state index in [-0.39, 0.29) is 5.60 Å². The van der Waals surface area contributed by atoms with Crippen molar-refractivity contribution in [3.05, 3.63) is 16.6 Å². The van der Waals surface area contributed by atoms with Crippen LogP contribution in [0.4, 0.5) is 0 Å². The molecule has 1 aliphatic carbocycles. The molecule has 1 saturated carbocycles. The monoisotopic (exact) mass is 226 g/mol. The van der Waals surface area contributed by atoms with Gasteiger partial charge in [0.25, 0.3) is 0 Å². The lowest BCUT2D eigenvalue weighted by molar-refractivity contribution is -0.0707. The van der Waals surface area contributed by atoms with Crippen LogP contribution in [0, 0.1) is 0 Å². The van der Waals surface area contributed by atoms with Gasteiger partial charge >= 0.3 is 0 Å². The van der Waals surface area contributed by atoms with Crippen LogP contribution in [0.25, 0.3) is 0 Å². The minimum absolute atomic E-state index is 0.101. The summed E-state index contributed by atoms with van der Waals surface area (Å²) < 4.78 is 5.56. The van der Waals surface area contributed by atoms with Gasteiger partial charge in [0, 0.05) is 25.1 Å². The number of hydrogen-bond donors (Lipinski definition) is 1. The van der Waals surface area contributed by atoms with Crippen LogP contribution in [0.3, 0.4) is 0 Å². The summed E-state index contributed by atoms with van der Waals surface area (Å²) in [4.78, 5) is 4.30. The number of nitrogens with one attached hydrogen (secondary N) is 1. The highest BCUT2D eigenvalue weighted by molar-refractivity contribution is 7.07. The van der Waals surface area contributed by atoms with Crippen LogP contribution in [0.1, 0.15) is 37.9 Å². The van der Waals surface area contributed by atoms with Crippen molar-refractivity contribution in [2.24, 2.45) is 0 Å². The van der Waals surface area contributed by atoms with Crippen LogP contribution in [0.5, 0.6) is 0 Å². The lowest BCUT2D eigenvalue weighted by Gasteiger charge is -2.41. The lowest BCUT2D eigenvalue weighted by atomic mass is 9.80. The van der Waals surface area contributed by atoms with Crippen molar-refractivity contribution < 1.29 is 4.74 Å². The molecule has 15 heavy (non-hydrogen) atoms. The fraction of sp³-hybridized carbons (Fsp3) is 0.727. The summed E-state index contributed by atoms with van der Waals surface area (Å²) in [7, 11) is 1.81. The number of hydrogen-bond acceptors (Lipinski definition) is 4. The van der Waals surface area contributed by atoms with Gasteiger partial charge in [-0.3, -0.25) is 0 Å². The number of thiazole rings is 1. The zero-order valence-corrected chi connectivity index (χ0v) is 10.1. The van der Waals surface area contributed by atoms with Crippen LogP contribution >= 0.6 is 11.3 Å². The number of ether oxygens (including phenoxy) is 1. The highest BCUT2D eigenvalue weighted by Gasteiger charge is 2.36. The topological polar surface area (TPSA) is 34.1 Å². The van der Waals surface area contributed by atoms with Crippen LogP contribution in [-0.4, -0.2) is 24.2 Å². The van der Waals surface area contributed by atoms with Crippen molar-refractivity contribution >= 4 is 11.3 Å². The molecule has 84 valence electrons. The normalized spacial score (nSPS) is 20.9. The van der Waals surface area contributed by atoms with Crippen molar-refractivity contribution in [1.29, 1.82) is 0 Å². The van der Waals surface area contributed by atoms with E-state index in [0.29, 0.717) is 6.04 Å². The molecule has 0 aliphatic heterocycles. The summed E-state index contributed by atoms with van der Waals surface area (Å²) in [5.74, 6) is 0. The van der Waals surface area contributed by atoms with Crippen molar-refractivity contribution in [2.75, 3.05) is 13.7 Å². The molecule has 1 atom stereocenters. The molecule has 3 nitrogen and oxygen atoms in total. The third kappa shape index (κ3) is 2.38. The van der Waals surface area contributed by atoms with E-state index in [2.05, 4.69) is 22.6 Å². The second-order valence-electron chi connectivity index (χ2n) is 4.26. The summed E-state index contributed by atoms with van der Waals surface area (Å²) in [6.07, 6.45) is 3.65. The van der Waals surface area contributed by atoms with Crippen molar-refractivity contribution in [2.45, 2.75) is 37.8 Å². The maximum atomic E-state index is 5.56. The van der Waals surface area contributed by atoms with E-state index in [0.717, 1.165) is 12.2 Å². The van der Waals surface area contributed by atoms with Crippen LogP contribution in [0.2, 0.25) is 0 Å². The molecule has 0 bridgehead atoms. The Labute approximate surface area is 94.9 Å². The lowest BCUT2D eigenvalue weighted by Crippen LogP contribution is -2.48.